The van der Waals surface area contributed by atoms with Crippen LogP contribution in [-0.2, 0) is 16.4 Å². The highest BCUT2D eigenvalue weighted by Gasteiger charge is 2.13. The van der Waals surface area contributed by atoms with E-state index in [4.69, 9.17) is 4.98 Å². The first-order valence-corrected chi connectivity index (χ1v) is 11.3. The lowest BCUT2D eigenvalue weighted by atomic mass is 10.0. The molecule has 0 aliphatic rings. The second kappa shape index (κ2) is 7.72. The van der Waals surface area contributed by atoms with Gasteiger partial charge in [-0.05, 0) is 48.4 Å². The molecule has 2 aromatic heterocycles. The topological polar surface area (TPSA) is 105 Å². The molecule has 0 unspecified atom stereocenters. The average Bonchev–Trinajstić information content (AvgIpc) is 2.72. The number of fused-ring (bicyclic) bond motifs is 1. The molecule has 30 heavy (non-hydrogen) atoms. The van der Waals surface area contributed by atoms with Crippen LogP contribution >= 0.6 is 0 Å². The third-order valence-electron chi connectivity index (χ3n) is 4.71. The number of benzene rings is 2. The van der Waals surface area contributed by atoms with Gasteiger partial charge < -0.3 is 4.98 Å². The van der Waals surface area contributed by atoms with Gasteiger partial charge in [0, 0.05) is 28.6 Å². The summed E-state index contributed by atoms with van der Waals surface area (Å²) in [7, 11) is -3.33. The van der Waals surface area contributed by atoms with Gasteiger partial charge in [0.05, 0.1) is 29.2 Å². The first-order valence-electron chi connectivity index (χ1n) is 9.40. The van der Waals surface area contributed by atoms with E-state index in [2.05, 4.69) is 14.7 Å². The third-order valence-corrected chi connectivity index (χ3v) is 5.31. The van der Waals surface area contributed by atoms with Crippen LogP contribution in [0.15, 0.2) is 65.7 Å². The average molecular weight is 420 g/mol. The zero-order valence-corrected chi connectivity index (χ0v) is 17.3. The van der Waals surface area contributed by atoms with Crippen LogP contribution in [0.25, 0.3) is 33.4 Å². The summed E-state index contributed by atoms with van der Waals surface area (Å²) >= 11 is 0. The van der Waals surface area contributed by atoms with E-state index in [1.807, 2.05) is 19.1 Å². The zero-order valence-electron chi connectivity index (χ0n) is 16.5. The van der Waals surface area contributed by atoms with E-state index in [0.717, 1.165) is 29.4 Å². The number of aryl methyl sites for hydroxylation is 1. The maximum absolute atomic E-state index is 12.3. The lowest BCUT2D eigenvalue weighted by Gasteiger charge is -2.10. The maximum Gasteiger partial charge on any atom is 0.255 e. The van der Waals surface area contributed by atoms with Crippen molar-refractivity contribution in [3.8, 4) is 22.4 Å². The maximum atomic E-state index is 12.3. The normalized spacial score (nSPS) is 11.5. The van der Waals surface area contributed by atoms with Gasteiger partial charge >= 0.3 is 0 Å². The first kappa shape index (κ1) is 19.8. The Kier molecular flexibility index (Phi) is 5.09. The van der Waals surface area contributed by atoms with E-state index in [1.165, 1.54) is 0 Å². The fourth-order valence-corrected chi connectivity index (χ4v) is 3.85. The number of anilines is 1. The van der Waals surface area contributed by atoms with Gasteiger partial charge in [0.15, 0.2) is 0 Å². The van der Waals surface area contributed by atoms with Gasteiger partial charge in [0.2, 0.25) is 10.0 Å². The van der Waals surface area contributed by atoms with Crippen LogP contribution in [0.4, 0.5) is 5.69 Å². The van der Waals surface area contributed by atoms with Gasteiger partial charge in [-0.15, -0.1) is 0 Å². The number of hydrogen-bond acceptors (Lipinski definition) is 5. The summed E-state index contributed by atoms with van der Waals surface area (Å²) in [5, 5.41) is 0. The van der Waals surface area contributed by atoms with Gasteiger partial charge in [-0.3, -0.25) is 14.5 Å². The fraction of sp³-hybridized carbons (Fsp3) is 0.136. The molecule has 2 N–H and O–H groups in total. The number of rotatable bonds is 5. The third kappa shape index (κ3) is 4.08. The van der Waals surface area contributed by atoms with E-state index < -0.39 is 10.0 Å². The van der Waals surface area contributed by atoms with Crippen LogP contribution in [-0.4, -0.2) is 29.6 Å². The number of H-pyrrole nitrogens is 1. The molecular weight excluding hydrogens is 400 g/mol. The monoisotopic (exact) mass is 420 g/mol. The molecule has 0 fully saturated rings. The van der Waals surface area contributed by atoms with Crippen LogP contribution in [0.1, 0.15) is 12.5 Å². The molecule has 2 heterocycles. The van der Waals surface area contributed by atoms with Gasteiger partial charge in [0.1, 0.15) is 0 Å². The van der Waals surface area contributed by atoms with E-state index in [1.54, 1.807) is 48.8 Å². The molecule has 0 radical (unpaired) electrons. The Morgan fingerprint density at radius 2 is 1.83 bits per heavy atom. The minimum Gasteiger partial charge on any atom is -0.329 e. The lowest BCUT2D eigenvalue weighted by molar-refractivity contribution is 0.607. The highest BCUT2D eigenvalue weighted by Crippen LogP contribution is 2.28. The van der Waals surface area contributed by atoms with Crippen molar-refractivity contribution < 1.29 is 8.42 Å². The Labute approximate surface area is 173 Å². The minimum absolute atomic E-state index is 0.174. The van der Waals surface area contributed by atoms with E-state index >= 15 is 0 Å². The molecular formula is C22H20N4O3S. The van der Waals surface area contributed by atoms with Crippen LogP contribution in [0, 0.1) is 0 Å². The second-order valence-electron chi connectivity index (χ2n) is 6.98. The molecule has 0 spiro atoms. The van der Waals surface area contributed by atoms with Crippen molar-refractivity contribution >= 4 is 26.7 Å². The molecule has 0 saturated heterocycles. The summed E-state index contributed by atoms with van der Waals surface area (Å²) in [5.41, 5.74) is 5.49. The first-order chi connectivity index (χ1) is 14.3. The van der Waals surface area contributed by atoms with Gasteiger partial charge in [-0.2, -0.15) is 0 Å². The Morgan fingerprint density at radius 3 is 2.50 bits per heavy atom. The van der Waals surface area contributed by atoms with Crippen LogP contribution in [0.5, 0.6) is 0 Å². The summed E-state index contributed by atoms with van der Waals surface area (Å²) in [6.45, 7) is 2.05. The van der Waals surface area contributed by atoms with Crippen LogP contribution < -0.4 is 10.3 Å². The van der Waals surface area contributed by atoms with Crippen molar-refractivity contribution in [2.24, 2.45) is 0 Å². The number of aromatic nitrogens is 3. The minimum atomic E-state index is -3.33. The van der Waals surface area contributed by atoms with E-state index in [9.17, 15) is 13.2 Å². The zero-order chi connectivity index (χ0) is 21.3. The van der Waals surface area contributed by atoms with Crippen molar-refractivity contribution in [1.82, 2.24) is 15.0 Å². The molecule has 0 bridgehead atoms. The van der Waals surface area contributed by atoms with Crippen molar-refractivity contribution in [2.75, 3.05) is 11.0 Å². The highest BCUT2D eigenvalue weighted by molar-refractivity contribution is 7.92. The van der Waals surface area contributed by atoms with Crippen molar-refractivity contribution in [1.29, 1.82) is 0 Å². The largest absolute Gasteiger partial charge is 0.329 e. The molecule has 0 atom stereocenters. The summed E-state index contributed by atoms with van der Waals surface area (Å²) in [5.74, 6) is 0. The summed E-state index contributed by atoms with van der Waals surface area (Å²) in [4.78, 5) is 24.4. The number of aromatic amines is 1. The molecule has 8 heteroatoms. The summed E-state index contributed by atoms with van der Waals surface area (Å²) < 4.78 is 25.2. The predicted octanol–water partition coefficient (Wildman–Crippen LogP) is 3.59. The Balaban J connectivity index is 1.81. The molecule has 152 valence electrons. The van der Waals surface area contributed by atoms with E-state index in [0.29, 0.717) is 28.0 Å². The van der Waals surface area contributed by atoms with Crippen molar-refractivity contribution in [3.63, 3.8) is 0 Å². The number of nitrogens with one attached hydrogen (secondary N) is 2. The van der Waals surface area contributed by atoms with Gasteiger partial charge in [-0.1, -0.05) is 19.1 Å². The molecule has 0 aliphatic carbocycles. The number of sulfonamides is 1. The van der Waals surface area contributed by atoms with Crippen LogP contribution in [0.2, 0.25) is 0 Å². The quantitative estimate of drug-likeness (QED) is 0.513. The Hall–Kier alpha value is -3.52. The molecule has 0 aliphatic heterocycles. The number of hydrogen-bond donors (Lipinski definition) is 2. The second-order valence-corrected chi connectivity index (χ2v) is 8.73. The fourth-order valence-electron chi connectivity index (χ4n) is 3.29. The smallest absolute Gasteiger partial charge is 0.255 e. The predicted molar refractivity (Wildman–Crippen MR) is 119 cm³/mol. The Bertz CT molecular complexity index is 1390. The Morgan fingerprint density at radius 1 is 1.07 bits per heavy atom. The van der Waals surface area contributed by atoms with Gasteiger partial charge in [0.25, 0.3) is 5.56 Å². The molecule has 4 rings (SSSR count). The summed E-state index contributed by atoms with van der Waals surface area (Å²) in [6, 6.07) is 14.5. The molecule has 2 aromatic carbocycles. The van der Waals surface area contributed by atoms with Crippen LogP contribution in [0.3, 0.4) is 0 Å². The SMILES string of the molecule is CCc1cc(-c2ccc[nH]c2=O)c2ncc(-c3ccc(NS(C)(=O)=O)cc3)nc2c1. The standard InChI is InChI=1S/C22H20N4O3S/c1-3-14-11-18(17-5-4-10-23-22(17)27)21-19(12-14)25-20(13-24-21)15-6-8-16(9-7-15)26-30(2,28)29/h4-13,26H,3H2,1-2H3,(H,23,27). The van der Waals surface area contributed by atoms with Gasteiger partial charge in [-0.25, -0.2) is 13.4 Å². The summed E-state index contributed by atoms with van der Waals surface area (Å²) in [6.07, 6.45) is 5.17. The molecule has 0 amide bonds. The molecule has 7 nitrogen and oxygen atoms in total. The number of nitrogens with zero attached hydrogens (tertiary/aromatic N) is 2. The number of pyridine rings is 1. The highest BCUT2D eigenvalue weighted by atomic mass is 32.2. The lowest BCUT2D eigenvalue weighted by Crippen LogP contribution is -2.09. The van der Waals surface area contributed by atoms with E-state index in [-0.39, 0.29) is 5.56 Å². The van der Waals surface area contributed by atoms with Crippen molar-refractivity contribution in [3.05, 3.63) is 76.8 Å². The molecule has 4 aromatic rings. The molecule has 0 saturated carbocycles. The van der Waals surface area contributed by atoms with Crippen molar-refractivity contribution in [2.45, 2.75) is 13.3 Å².